The van der Waals surface area contributed by atoms with Crippen LogP contribution >= 0.6 is 0 Å². The van der Waals surface area contributed by atoms with Crippen LogP contribution in [0.1, 0.15) is 0 Å². The Morgan fingerprint density at radius 1 is 0.344 bits per heavy atom. The number of hydrogen-bond donors (Lipinski definition) is 0. The number of nitrogens with zero attached hydrogens (tertiary/aromatic N) is 4. The molecule has 0 spiro atoms. The first-order valence-electron chi connectivity index (χ1n) is 20.7. The van der Waals surface area contributed by atoms with E-state index >= 15 is 0 Å². The van der Waals surface area contributed by atoms with Gasteiger partial charge in [0, 0.05) is 54.5 Å². The van der Waals surface area contributed by atoms with Crippen LogP contribution in [-0.4, -0.2) is 19.1 Å². The molecule has 0 bridgehead atoms. The molecule has 5 heteroatoms. The highest BCUT2D eigenvalue weighted by Gasteiger charge is 2.22. The van der Waals surface area contributed by atoms with Gasteiger partial charge in [-0.3, -0.25) is 4.57 Å². The van der Waals surface area contributed by atoms with Crippen LogP contribution in [0.5, 0.6) is 0 Å². The highest BCUT2D eigenvalue weighted by Crippen LogP contribution is 2.42. The molecule has 0 fully saturated rings. The molecule has 0 aliphatic carbocycles. The lowest BCUT2D eigenvalue weighted by molar-refractivity contribution is 0.669. The SMILES string of the molecule is c1ccc(-c2nc(-n3c4ccc(-n5c6ccccc6c6ccccc65)cc4c4cccc(-c5cccc(-c6ccc7c(c6)oc6ccccc67)c5)c43)nc3ccccc23)cc1. The molecule has 13 rings (SSSR count). The van der Waals surface area contributed by atoms with Crippen LogP contribution in [-0.2, 0) is 0 Å². The highest BCUT2D eigenvalue weighted by atomic mass is 16.3. The molecule has 0 aliphatic rings. The molecule has 0 radical (unpaired) electrons. The number of benzene rings is 9. The van der Waals surface area contributed by atoms with Gasteiger partial charge in [-0.15, -0.1) is 0 Å². The predicted molar refractivity (Wildman–Crippen MR) is 252 cm³/mol. The van der Waals surface area contributed by atoms with Gasteiger partial charge >= 0.3 is 0 Å². The second-order valence-corrected chi connectivity index (χ2v) is 15.8. The van der Waals surface area contributed by atoms with E-state index in [-0.39, 0.29) is 0 Å². The molecule has 0 saturated heterocycles. The Balaban J connectivity index is 1.08. The number of furan rings is 1. The first-order chi connectivity index (χ1) is 30.2. The second kappa shape index (κ2) is 13.1. The maximum absolute atomic E-state index is 6.32. The Morgan fingerprint density at radius 3 is 1.80 bits per heavy atom. The Bertz CT molecular complexity index is 3840. The molecule has 0 aliphatic heterocycles. The van der Waals surface area contributed by atoms with Gasteiger partial charge in [-0.25, -0.2) is 9.97 Å². The molecule has 284 valence electrons. The van der Waals surface area contributed by atoms with Gasteiger partial charge in [0.25, 0.3) is 0 Å². The maximum Gasteiger partial charge on any atom is 0.235 e. The monoisotopic (exact) mass is 778 g/mol. The van der Waals surface area contributed by atoms with Crippen LogP contribution in [0, 0.1) is 0 Å². The first-order valence-corrected chi connectivity index (χ1v) is 20.7. The summed E-state index contributed by atoms with van der Waals surface area (Å²) in [6.45, 7) is 0. The zero-order valence-electron chi connectivity index (χ0n) is 32.8. The Labute approximate surface area is 350 Å². The van der Waals surface area contributed by atoms with Crippen molar-refractivity contribution in [1.82, 2.24) is 19.1 Å². The van der Waals surface area contributed by atoms with E-state index in [0.29, 0.717) is 5.95 Å². The fraction of sp³-hybridized carbons (Fsp3) is 0. The van der Waals surface area contributed by atoms with Crippen molar-refractivity contribution in [1.29, 1.82) is 0 Å². The summed E-state index contributed by atoms with van der Waals surface area (Å²) in [7, 11) is 0. The van der Waals surface area contributed by atoms with Gasteiger partial charge in [-0.2, -0.15) is 0 Å². The molecule has 4 heterocycles. The summed E-state index contributed by atoms with van der Waals surface area (Å²) in [6, 6.07) is 73.2. The summed E-state index contributed by atoms with van der Waals surface area (Å²) in [5.74, 6) is 0.626. The van der Waals surface area contributed by atoms with Crippen molar-refractivity contribution in [2.24, 2.45) is 0 Å². The van der Waals surface area contributed by atoms with E-state index in [2.05, 4.69) is 197 Å². The van der Waals surface area contributed by atoms with Gasteiger partial charge in [0.15, 0.2) is 0 Å². The Hall–Kier alpha value is -8.28. The van der Waals surface area contributed by atoms with Crippen molar-refractivity contribution in [3.63, 3.8) is 0 Å². The van der Waals surface area contributed by atoms with Crippen molar-refractivity contribution in [2.75, 3.05) is 0 Å². The number of fused-ring (bicyclic) bond motifs is 10. The molecule has 0 unspecified atom stereocenters. The third-order valence-corrected chi connectivity index (χ3v) is 12.3. The van der Waals surface area contributed by atoms with E-state index in [1.807, 2.05) is 18.2 Å². The minimum atomic E-state index is 0.626. The summed E-state index contributed by atoms with van der Waals surface area (Å²) in [5, 5.41) is 7.99. The molecule has 4 aromatic heterocycles. The van der Waals surface area contributed by atoms with E-state index in [4.69, 9.17) is 14.4 Å². The molecule has 0 atom stereocenters. The van der Waals surface area contributed by atoms with Crippen LogP contribution in [0.2, 0.25) is 0 Å². The average Bonchev–Trinajstić information content (AvgIpc) is 3.99. The lowest BCUT2D eigenvalue weighted by Crippen LogP contribution is -2.04. The number of rotatable bonds is 5. The molecule has 9 aromatic carbocycles. The van der Waals surface area contributed by atoms with Crippen LogP contribution in [0.3, 0.4) is 0 Å². The lowest BCUT2D eigenvalue weighted by Gasteiger charge is -2.14. The minimum Gasteiger partial charge on any atom is -0.456 e. The van der Waals surface area contributed by atoms with Crippen molar-refractivity contribution in [3.8, 4) is 45.1 Å². The summed E-state index contributed by atoms with van der Waals surface area (Å²) >= 11 is 0. The standard InChI is InChI=1S/C56H34N4O/c1-2-14-35(15-3-1)54-46-21-4-8-24-48(46)57-56(58-54)60-51-31-29-39(59-49-25-9-5-18-41(49)42-19-6-10-26-50(42)59)34-47(51)45-23-13-22-40(55(45)60)38-17-12-16-36(32-38)37-28-30-44-43-20-7-11-27-52(43)61-53(44)33-37/h1-34H. The normalized spacial score (nSPS) is 11.9. The maximum atomic E-state index is 6.32. The van der Waals surface area contributed by atoms with Crippen LogP contribution in [0.4, 0.5) is 0 Å². The molecular formula is C56H34N4O. The minimum absolute atomic E-state index is 0.626. The van der Waals surface area contributed by atoms with E-state index in [1.165, 1.54) is 21.8 Å². The van der Waals surface area contributed by atoms with Crippen molar-refractivity contribution >= 4 is 76.5 Å². The number of hydrogen-bond acceptors (Lipinski definition) is 3. The van der Waals surface area contributed by atoms with Crippen molar-refractivity contribution < 1.29 is 4.42 Å². The molecule has 13 aromatic rings. The van der Waals surface area contributed by atoms with Crippen LogP contribution in [0.25, 0.3) is 122 Å². The van der Waals surface area contributed by atoms with Crippen LogP contribution < -0.4 is 0 Å². The molecule has 0 amide bonds. The molecule has 0 N–H and O–H groups in total. The summed E-state index contributed by atoms with van der Waals surface area (Å²) in [5.41, 5.74) is 14.6. The first kappa shape index (κ1) is 33.7. The Kier molecular flexibility index (Phi) is 7.24. The zero-order chi connectivity index (χ0) is 40.0. The molecule has 61 heavy (non-hydrogen) atoms. The average molecular weight is 779 g/mol. The zero-order valence-corrected chi connectivity index (χ0v) is 32.8. The topological polar surface area (TPSA) is 48.8 Å². The molecule has 5 nitrogen and oxygen atoms in total. The summed E-state index contributed by atoms with van der Waals surface area (Å²) in [6.07, 6.45) is 0. The third kappa shape index (κ3) is 5.14. The van der Waals surface area contributed by atoms with E-state index in [9.17, 15) is 0 Å². The van der Waals surface area contributed by atoms with Crippen molar-refractivity contribution in [3.05, 3.63) is 206 Å². The van der Waals surface area contributed by atoms with Crippen LogP contribution in [0.15, 0.2) is 211 Å². The second-order valence-electron chi connectivity index (χ2n) is 15.8. The largest absolute Gasteiger partial charge is 0.456 e. The van der Waals surface area contributed by atoms with Gasteiger partial charge in [0.2, 0.25) is 5.95 Å². The fourth-order valence-electron chi connectivity index (χ4n) is 9.59. The van der Waals surface area contributed by atoms with E-state index in [0.717, 1.165) is 93.8 Å². The van der Waals surface area contributed by atoms with E-state index < -0.39 is 0 Å². The summed E-state index contributed by atoms with van der Waals surface area (Å²) in [4.78, 5) is 10.8. The van der Waals surface area contributed by atoms with Gasteiger partial charge < -0.3 is 8.98 Å². The number of para-hydroxylation sites is 5. The smallest absolute Gasteiger partial charge is 0.235 e. The van der Waals surface area contributed by atoms with Gasteiger partial charge in [-0.1, -0.05) is 146 Å². The Morgan fingerprint density at radius 2 is 0.967 bits per heavy atom. The quantitative estimate of drug-likeness (QED) is 0.175. The van der Waals surface area contributed by atoms with Crippen molar-refractivity contribution in [2.45, 2.75) is 0 Å². The molecule has 0 saturated carbocycles. The number of aromatic nitrogens is 4. The third-order valence-electron chi connectivity index (χ3n) is 12.3. The van der Waals surface area contributed by atoms with Gasteiger partial charge in [0.05, 0.1) is 33.3 Å². The van der Waals surface area contributed by atoms with E-state index in [1.54, 1.807) is 0 Å². The molecular weight excluding hydrogens is 745 g/mol. The predicted octanol–water partition coefficient (Wildman–Crippen LogP) is 14.7. The summed E-state index contributed by atoms with van der Waals surface area (Å²) < 4.78 is 11.0. The van der Waals surface area contributed by atoms with Gasteiger partial charge in [0.1, 0.15) is 11.2 Å². The highest BCUT2D eigenvalue weighted by molar-refractivity contribution is 6.15. The van der Waals surface area contributed by atoms with Gasteiger partial charge in [-0.05, 0) is 77.4 Å². The lowest BCUT2D eigenvalue weighted by atomic mass is 9.97. The fourth-order valence-corrected chi connectivity index (χ4v) is 9.59.